The van der Waals surface area contributed by atoms with E-state index in [1.54, 1.807) is 12.3 Å². The SMILES string of the molecule is CC1(C)CCC(N2CCC(c3cnc(Nc4ccnc(Cl)c4)nc3NC3CCC(O)CC3)CC2)CC1. The number of rotatable bonds is 6. The lowest BCUT2D eigenvalue weighted by molar-refractivity contribution is 0.0855. The highest BCUT2D eigenvalue weighted by Crippen LogP contribution is 2.40. The van der Waals surface area contributed by atoms with Gasteiger partial charge in [-0.2, -0.15) is 4.98 Å². The summed E-state index contributed by atoms with van der Waals surface area (Å²) in [6, 6.07) is 4.72. The van der Waals surface area contributed by atoms with Crippen molar-refractivity contribution >= 4 is 29.1 Å². The molecule has 36 heavy (non-hydrogen) atoms. The molecule has 2 aliphatic carbocycles. The van der Waals surface area contributed by atoms with E-state index < -0.39 is 0 Å². The van der Waals surface area contributed by atoms with Gasteiger partial charge in [0.2, 0.25) is 5.95 Å². The number of aliphatic hydroxyl groups excluding tert-OH is 1. The van der Waals surface area contributed by atoms with Gasteiger partial charge >= 0.3 is 0 Å². The first-order chi connectivity index (χ1) is 17.3. The number of pyridine rings is 1. The third kappa shape index (κ3) is 6.48. The Bertz CT molecular complexity index is 1010. The first-order valence-electron chi connectivity index (χ1n) is 13.8. The molecule has 3 aliphatic rings. The number of piperidine rings is 1. The van der Waals surface area contributed by atoms with E-state index in [9.17, 15) is 5.11 Å². The first kappa shape index (κ1) is 25.7. The fourth-order valence-electron chi connectivity index (χ4n) is 6.21. The standard InChI is InChI=1S/C28H41ClN6O/c1-28(2)12-7-22(8-13-28)35-15-10-19(11-16-35)24-18-31-27(33-21-9-14-30-25(29)17-21)34-26(24)32-20-3-5-23(36)6-4-20/h9,14,17-20,22-23,36H,3-8,10-13,15-16H2,1-2H3,(H2,30,31,32,33,34). The van der Waals surface area contributed by atoms with Crippen LogP contribution in [0, 0.1) is 5.41 Å². The smallest absolute Gasteiger partial charge is 0.229 e. The van der Waals surface area contributed by atoms with E-state index in [4.69, 9.17) is 21.6 Å². The Morgan fingerprint density at radius 1 is 1.00 bits per heavy atom. The molecule has 0 bridgehead atoms. The van der Waals surface area contributed by atoms with Crippen molar-refractivity contribution in [2.24, 2.45) is 5.41 Å². The quantitative estimate of drug-likeness (QED) is 0.401. The van der Waals surface area contributed by atoms with E-state index >= 15 is 0 Å². The maximum Gasteiger partial charge on any atom is 0.229 e. The average molecular weight is 513 g/mol. The number of anilines is 3. The second-order valence-corrected chi connectivity index (χ2v) is 12.2. The molecule has 0 atom stereocenters. The van der Waals surface area contributed by atoms with Crippen molar-refractivity contribution in [3.8, 4) is 0 Å². The summed E-state index contributed by atoms with van der Waals surface area (Å²) in [6.07, 6.45) is 14.8. The maximum absolute atomic E-state index is 9.96. The van der Waals surface area contributed by atoms with Gasteiger partial charge in [-0.15, -0.1) is 0 Å². The van der Waals surface area contributed by atoms with Crippen molar-refractivity contribution < 1.29 is 5.11 Å². The Balaban J connectivity index is 1.29. The summed E-state index contributed by atoms with van der Waals surface area (Å²) >= 11 is 6.06. The van der Waals surface area contributed by atoms with Crippen LogP contribution < -0.4 is 10.6 Å². The van der Waals surface area contributed by atoms with Crippen LogP contribution in [-0.2, 0) is 0 Å². The van der Waals surface area contributed by atoms with Crippen LogP contribution in [0.3, 0.4) is 0 Å². The number of likely N-dealkylation sites (tertiary alicyclic amines) is 1. The summed E-state index contributed by atoms with van der Waals surface area (Å²) in [5.41, 5.74) is 2.56. The number of hydrogen-bond donors (Lipinski definition) is 3. The Morgan fingerprint density at radius 3 is 2.42 bits per heavy atom. The molecule has 7 nitrogen and oxygen atoms in total. The minimum absolute atomic E-state index is 0.170. The van der Waals surface area contributed by atoms with Crippen LogP contribution in [0.5, 0.6) is 0 Å². The van der Waals surface area contributed by atoms with Gasteiger partial charge < -0.3 is 20.6 Å². The van der Waals surface area contributed by atoms with Crippen molar-refractivity contribution in [2.75, 3.05) is 23.7 Å². The largest absolute Gasteiger partial charge is 0.393 e. The third-order valence-corrected chi connectivity index (χ3v) is 8.84. The molecular weight excluding hydrogens is 472 g/mol. The van der Waals surface area contributed by atoms with Gasteiger partial charge in [-0.1, -0.05) is 25.4 Å². The molecule has 1 saturated heterocycles. The zero-order valence-electron chi connectivity index (χ0n) is 21.7. The molecule has 8 heteroatoms. The van der Waals surface area contributed by atoms with Crippen molar-refractivity contribution in [3.05, 3.63) is 35.2 Å². The lowest BCUT2D eigenvalue weighted by Gasteiger charge is -2.43. The summed E-state index contributed by atoms with van der Waals surface area (Å²) in [4.78, 5) is 16.4. The van der Waals surface area contributed by atoms with Gasteiger partial charge in [0, 0.05) is 35.7 Å². The van der Waals surface area contributed by atoms with Gasteiger partial charge in [-0.05, 0) is 101 Å². The minimum Gasteiger partial charge on any atom is -0.393 e. The second kappa shape index (κ2) is 11.2. The summed E-state index contributed by atoms with van der Waals surface area (Å²) in [5.74, 6) is 1.95. The molecule has 5 rings (SSSR count). The van der Waals surface area contributed by atoms with Gasteiger partial charge in [0.1, 0.15) is 11.0 Å². The Hall–Kier alpha value is -1.96. The fraction of sp³-hybridized carbons (Fsp3) is 0.679. The van der Waals surface area contributed by atoms with Crippen molar-refractivity contribution in [2.45, 2.75) is 102 Å². The van der Waals surface area contributed by atoms with Crippen LogP contribution in [0.15, 0.2) is 24.5 Å². The molecule has 2 aromatic rings. The van der Waals surface area contributed by atoms with Crippen LogP contribution in [0.25, 0.3) is 0 Å². The zero-order valence-corrected chi connectivity index (χ0v) is 22.5. The van der Waals surface area contributed by atoms with E-state index in [1.807, 2.05) is 12.3 Å². The highest BCUT2D eigenvalue weighted by molar-refractivity contribution is 6.29. The molecule has 3 N–H and O–H groups in total. The van der Waals surface area contributed by atoms with E-state index in [-0.39, 0.29) is 6.10 Å². The summed E-state index contributed by atoms with van der Waals surface area (Å²) in [7, 11) is 0. The number of aromatic nitrogens is 3. The monoisotopic (exact) mass is 512 g/mol. The summed E-state index contributed by atoms with van der Waals surface area (Å²) in [5, 5.41) is 17.4. The summed E-state index contributed by atoms with van der Waals surface area (Å²) < 4.78 is 0. The number of aliphatic hydroxyl groups is 1. The van der Waals surface area contributed by atoms with Gasteiger partial charge in [-0.25, -0.2) is 9.97 Å². The summed E-state index contributed by atoms with van der Waals surface area (Å²) in [6.45, 7) is 7.14. The van der Waals surface area contributed by atoms with E-state index in [1.165, 1.54) is 31.2 Å². The van der Waals surface area contributed by atoms with E-state index in [0.717, 1.165) is 69.2 Å². The Kier molecular flexibility index (Phi) is 7.99. The van der Waals surface area contributed by atoms with E-state index in [2.05, 4.69) is 34.4 Å². The van der Waals surface area contributed by atoms with Crippen LogP contribution in [0.4, 0.5) is 17.5 Å². The molecule has 196 valence electrons. The molecule has 0 amide bonds. The maximum atomic E-state index is 9.96. The lowest BCUT2D eigenvalue weighted by atomic mass is 9.75. The number of nitrogens with zero attached hydrogens (tertiary/aromatic N) is 4. The molecule has 0 unspecified atom stereocenters. The molecular formula is C28H41ClN6O. The number of nitrogens with one attached hydrogen (secondary N) is 2. The number of hydrogen-bond acceptors (Lipinski definition) is 7. The normalized spacial score (nSPS) is 26.0. The van der Waals surface area contributed by atoms with Crippen LogP contribution >= 0.6 is 11.6 Å². The average Bonchev–Trinajstić information content (AvgIpc) is 2.86. The molecule has 0 spiro atoms. The molecule has 2 saturated carbocycles. The Labute approximate surface area is 220 Å². The van der Waals surface area contributed by atoms with Gasteiger partial charge in [0.25, 0.3) is 0 Å². The zero-order chi connectivity index (χ0) is 25.1. The third-order valence-electron chi connectivity index (χ3n) is 8.63. The molecule has 0 aromatic carbocycles. The topological polar surface area (TPSA) is 86.2 Å². The van der Waals surface area contributed by atoms with Crippen LogP contribution in [0.1, 0.15) is 89.5 Å². The highest BCUT2D eigenvalue weighted by atomic mass is 35.5. The Morgan fingerprint density at radius 2 is 1.72 bits per heavy atom. The predicted molar refractivity (Wildman–Crippen MR) is 146 cm³/mol. The van der Waals surface area contributed by atoms with Gasteiger partial charge in [0.15, 0.2) is 0 Å². The molecule has 0 radical (unpaired) electrons. The van der Waals surface area contributed by atoms with Crippen LogP contribution in [-0.4, -0.2) is 56.2 Å². The van der Waals surface area contributed by atoms with Gasteiger partial charge in [0.05, 0.1) is 6.10 Å². The van der Waals surface area contributed by atoms with Crippen LogP contribution in [0.2, 0.25) is 5.15 Å². The minimum atomic E-state index is -0.170. The molecule has 2 aromatic heterocycles. The van der Waals surface area contributed by atoms with Gasteiger partial charge in [-0.3, -0.25) is 0 Å². The van der Waals surface area contributed by atoms with Crippen molar-refractivity contribution in [1.82, 2.24) is 19.9 Å². The molecule has 1 aliphatic heterocycles. The molecule has 3 fully saturated rings. The van der Waals surface area contributed by atoms with Crippen molar-refractivity contribution in [1.29, 1.82) is 0 Å². The predicted octanol–water partition coefficient (Wildman–Crippen LogP) is 6.13. The number of halogens is 1. The van der Waals surface area contributed by atoms with Crippen molar-refractivity contribution in [3.63, 3.8) is 0 Å². The fourth-order valence-corrected chi connectivity index (χ4v) is 6.39. The highest BCUT2D eigenvalue weighted by Gasteiger charge is 2.33. The molecule has 3 heterocycles. The first-order valence-corrected chi connectivity index (χ1v) is 14.2. The second-order valence-electron chi connectivity index (χ2n) is 11.8. The van der Waals surface area contributed by atoms with E-state index in [0.29, 0.717) is 28.5 Å². The lowest BCUT2D eigenvalue weighted by Crippen LogP contribution is -2.43.